The summed E-state index contributed by atoms with van der Waals surface area (Å²) in [5.74, 6) is 0. The predicted octanol–water partition coefficient (Wildman–Crippen LogP) is 3.47. The Kier molecular flexibility index (Phi) is 6.17. The van der Waals surface area contributed by atoms with Crippen LogP contribution in [0, 0.1) is 0 Å². The van der Waals surface area contributed by atoms with Gasteiger partial charge in [-0.15, -0.1) is 11.3 Å². The first-order valence-corrected chi connectivity index (χ1v) is 10.5. The first-order chi connectivity index (χ1) is 11.1. The summed E-state index contributed by atoms with van der Waals surface area (Å²) < 4.78 is 33.0. The lowest BCUT2D eigenvalue weighted by Gasteiger charge is -2.34. The molecule has 2 rings (SSSR count). The molecule has 1 aromatic heterocycles. The van der Waals surface area contributed by atoms with E-state index < -0.39 is 21.7 Å². The molecule has 1 atom stereocenters. The monoisotopic (exact) mass is 394 g/mol. The van der Waals surface area contributed by atoms with E-state index in [9.17, 15) is 13.2 Å². The average Bonchev–Trinajstić information content (AvgIpc) is 2.91. The maximum Gasteiger partial charge on any atom is 0.407 e. The SMILES string of the molecule is CC(C)(C)OC(=O)NCC1CCCCN1S(=O)(=O)c1ccc(Cl)s1. The third kappa shape index (κ3) is 5.08. The number of nitrogens with zero attached hydrogens (tertiary/aromatic N) is 1. The summed E-state index contributed by atoms with van der Waals surface area (Å²) in [5.41, 5.74) is -0.587. The molecule has 1 saturated heterocycles. The Morgan fingerprint density at radius 3 is 2.71 bits per heavy atom. The van der Waals surface area contributed by atoms with Gasteiger partial charge in [-0.1, -0.05) is 18.0 Å². The second-order valence-electron chi connectivity index (χ2n) is 6.71. The van der Waals surface area contributed by atoms with Crippen LogP contribution in [0.5, 0.6) is 0 Å². The smallest absolute Gasteiger partial charge is 0.407 e. The van der Waals surface area contributed by atoms with E-state index in [-0.39, 0.29) is 16.8 Å². The summed E-state index contributed by atoms with van der Waals surface area (Å²) >= 11 is 6.91. The van der Waals surface area contributed by atoms with Gasteiger partial charge >= 0.3 is 6.09 Å². The quantitative estimate of drug-likeness (QED) is 0.848. The zero-order valence-corrected chi connectivity index (χ0v) is 16.4. The van der Waals surface area contributed by atoms with Crippen molar-refractivity contribution in [2.75, 3.05) is 13.1 Å². The number of amides is 1. The number of piperidine rings is 1. The fraction of sp³-hybridized carbons (Fsp3) is 0.667. The van der Waals surface area contributed by atoms with Gasteiger partial charge < -0.3 is 10.1 Å². The molecule has 24 heavy (non-hydrogen) atoms. The fourth-order valence-corrected chi connectivity index (χ4v) is 5.87. The highest BCUT2D eigenvalue weighted by Crippen LogP contribution is 2.31. The normalized spacial score (nSPS) is 19.9. The molecule has 2 heterocycles. The largest absolute Gasteiger partial charge is 0.444 e. The number of carbonyl (C=O) groups is 1. The minimum Gasteiger partial charge on any atom is -0.444 e. The van der Waals surface area contributed by atoms with Gasteiger partial charge in [-0.3, -0.25) is 0 Å². The highest BCUT2D eigenvalue weighted by Gasteiger charge is 2.34. The van der Waals surface area contributed by atoms with Crippen LogP contribution in [0.3, 0.4) is 0 Å². The van der Waals surface area contributed by atoms with E-state index in [2.05, 4.69) is 5.32 Å². The Bertz CT molecular complexity index is 682. The molecule has 6 nitrogen and oxygen atoms in total. The van der Waals surface area contributed by atoms with Gasteiger partial charge in [0.15, 0.2) is 0 Å². The molecule has 1 amide bonds. The summed E-state index contributed by atoms with van der Waals surface area (Å²) in [7, 11) is -3.60. The van der Waals surface area contributed by atoms with Crippen LogP contribution in [0.4, 0.5) is 4.79 Å². The lowest BCUT2D eigenvalue weighted by molar-refractivity contribution is 0.0512. The maximum absolute atomic E-state index is 12.8. The van der Waals surface area contributed by atoms with Crippen molar-refractivity contribution in [1.29, 1.82) is 0 Å². The van der Waals surface area contributed by atoms with Crippen LogP contribution in [0.1, 0.15) is 40.0 Å². The molecule has 136 valence electrons. The van der Waals surface area contributed by atoms with Crippen LogP contribution in [0.2, 0.25) is 4.34 Å². The Labute approximate surface area is 152 Å². The van der Waals surface area contributed by atoms with Crippen molar-refractivity contribution in [2.24, 2.45) is 0 Å². The molecular weight excluding hydrogens is 372 g/mol. The number of carbonyl (C=O) groups excluding carboxylic acids is 1. The zero-order chi connectivity index (χ0) is 18.0. The number of hydrogen-bond acceptors (Lipinski definition) is 5. The number of sulfonamides is 1. The molecule has 1 aromatic rings. The van der Waals surface area contributed by atoms with Crippen molar-refractivity contribution >= 4 is 39.1 Å². The molecule has 1 fully saturated rings. The van der Waals surface area contributed by atoms with Crippen molar-refractivity contribution in [3.05, 3.63) is 16.5 Å². The summed E-state index contributed by atoms with van der Waals surface area (Å²) in [6.45, 7) is 6.02. The Morgan fingerprint density at radius 1 is 1.42 bits per heavy atom. The minimum atomic E-state index is -3.60. The first kappa shape index (κ1) is 19.5. The Hall–Kier alpha value is -0.830. The number of hydrogen-bond donors (Lipinski definition) is 1. The molecule has 1 aliphatic rings. The third-order valence-corrected chi connectivity index (χ3v) is 7.22. The average molecular weight is 395 g/mol. The van der Waals surface area contributed by atoms with Crippen LogP contribution in [-0.2, 0) is 14.8 Å². The minimum absolute atomic E-state index is 0.229. The van der Waals surface area contributed by atoms with Crippen LogP contribution in [0.15, 0.2) is 16.3 Å². The molecular formula is C15H23ClN2O4S2. The first-order valence-electron chi connectivity index (χ1n) is 7.83. The summed E-state index contributed by atoms with van der Waals surface area (Å²) in [5, 5.41) is 2.68. The van der Waals surface area contributed by atoms with E-state index in [0.29, 0.717) is 17.3 Å². The van der Waals surface area contributed by atoms with Crippen molar-refractivity contribution in [1.82, 2.24) is 9.62 Å². The number of nitrogens with one attached hydrogen (secondary N) is 1. The number of alkyl carbamates (subject to hydrolysis) is 1. The second-order valence-corrected chi connectivity index (χ2v) is 10.5. The van der Waals surface area contributed by atoms with Gasteiger partial charge in [0, 0.05) is 19.1 Å². The van der Waals surface area contributed by atoms with E-state index in [1.54, 1.807) is 26.8 Å². The number of thiophene rings is 1. The second kappa shape index (κ2) is 7.59. The Balaban J connectivity index is 2.06. The lowest BCUT2D eigenvalue weighted by atomic mass is 10.1. The van der Waals surface area contributed by atoms with Gasteiger partial charge in [-0.25, -0.2) is 13.2 Å². The molecule has 1 unspecified atom stereocenters. The number of halogens is 1. The highest BCUT2D eigenvalue weighted by molar-refractivity contribution is 7.91. The third-order valence-electron chi connectivity index (χ3n) is 3.57. The van der Waals surface area contributed by atoms with E-state index in [4.69, 9.17) is 16.3 Å². The molecule has 1 aliphatic heterocycles. The number of ether oxygens (including phenoxy) is 1. The predicted molar refractivity (Wildman–Crippen MR) is 95.1 cm³/mol. The van der Waals surface area contributed by atoms with E-state index in [0.717, 1.165) is 24.2 Å². The molecule has 9 heteroatoms. The molecule has 0 radical (unpaired) electrons. The van der Waals surface area contributed by atoms with Gasteiger partial charge in [0.2, 0.25) is 0 Å². The standard InChI is InChI=1S/C15H23ClN2O4S2/c1-15(2,3)22-14(19)17-10-11-6-4-5-9-18(11)24(20,21)13-8-7-12(16)23-13/h7-8,11H,4-6,9-10H2,1-3H3,(H,17,19). The van der Waals surface area contributed by atoms with Crippen LogP contribution in [-0.4, -0.2) is 43.5 Å². The summed E-state index contributed by atoms with van der Waals surface area (Å²) in [6, 6.07) is 2.82. The van der Waals surface area contributed by atoms with Gasteiger partial charge in [0.25, 0.3) is 10.0 Å². The topological polar surface area (TPSA) is 75.7 Å². The summed E-state index contributed by atoms with van der Waals surface area (Å²) in [6.07, 6.45) is 1.90. The van der Waals surface area contributed by atoms with E-state index >= 15 is 0 Å². The molecule has 0 aromatic carbocycles. The Morgan fingerprint density at radius 2 is 2.12 bits per heavy atom. The van der Waals surface area contributed by atoms with Crippen LogP contribution >= 0.6 is 22.9 Å². The van der Waals surface area contributed by atoms with Gasteiger partial charge in [-0.2, -0.15) is 4.31 Å². The summed E-state index contributed by atoms with van der Waals surface area (Å²) in [4.78, 5) is 11.8. The molecule has 0 bridgehead atoms. The van der Waals surface area contributed by atoms with Crippen LogP contribution in [0.25, 0.3) is 0 Å². The van der Waals surface area contributed by atoms with Gasteiger partial charge in [-0.05, 0) is 45.7 Å². The van der Waals surface area contributed by atoms with Crippen molar-refractivity contribution in [3.63, 3.8) is 0 Å². The van der Waals surface area contributed by atoms with Crippen molar-refractivity contribution < 1.29 is 17.9 Å². The molecule has 1 N–H and O–H groups in total. The molecule has 0 aliphatic carbocycles. The zero-order valence-electron chi connectivity index (χ0n) is 14.0. The lowest BCUT2D eigenvalue weighted by Crippen LogP contribution is -2.49. The van der Waals surface area contributed by atoms with Crippen molar-refractivity contribution in [2.45, 2.75) is 55.9 Å². The van der Waals surface area contributed by atoms with E-state index in [1.165, 1.54) is 10.4 Å². The maximum atomic E-state index is 12.8. The van der Waals surface area contributed by atoms with E-state index in [1.807, 2.05) is 0 Å². The van der Waals surface area contributed by atoms with Gasteiger partial charge in [0.05, 0.1) is 4.34 Å². The van der Waals surface area contributed by atoms with Crippen LogP contribution < -0.4 is 5.32 Å². The highest BCUT2D eigenvalue weighted by atomic mass is 35.5. The van der Waals surface area contributed by atoms with Gasteiger partial charge in [0.1, 0.15) is 9.81 Å². The van der Waals surface area contributed by atoms with Crippen molar-refractivity contribution in [3.8, 4) is 0 Å². The molecule has 0 saturated carbocycles. The number of rotatable bonds is 4. The fourth-order valence-electron chi connectivity index (χ4n) is 2.56. The molecule has 0 spiro atoms.